The highest BCUT2D eigenvalue weighted by Gasteiger charge is 2.41. The van der Waals surface area contributed by atoms with Crippen LogP contribution in [0.15, 0.2) is 12.1 Å². The molecule has 1 aromatic carbocycles. The molecule has 0 aliphatic carbocycles. The second kappa shape index (κ2) is 7.61. The molecule has 0 amide bonds. The molecule has 0 bridgehead atoms. The van der Waals surface area contributed by atoms with Gasteiger partial charge in [0.15, 0.2) is 17.6 Å². The van der Waals surface area contributed by atoms with Gasteiger partial charge in [-0.25, -0.2) is 13.2 Å². The highest BCUT2D eigenvalue weighted by molar-refractivity contribution is 5.98. The first-order valence-electron chi connectivity index (χ1n) is 6.24. The molecule has 0 aromatic heterocycles. The van der Waals surface area contributed by atoms with E-state index in [1.807, 2.05) is 0 Å². The number of aliphatic carboxylic acids is 1. The van der Waals surface area contributed by atoms with Crippen molar-refractivity contribution >= 4 is 17.9 Å². The third kappa shape index (κ3) is 4.21. The monoisotopic (exact) mass is 334 g/mol. The van der Waals surface area contributed by atoms with E-state index < -0.39 is 59.2 Å². The Morgan fingerprint density at radius 3 is 1.91 bits per heavy atom. The van der Waals surface area contributed by atoms with Gasteiger partial charge in [0, 0.05) is 6.07 Å². The second-order valence-corrected chi connectivity index (χ2v) is 4.53. The van der Waals surface area contributed by atoms with E-state index in [1.165, 1.54) is 0 Å². The predicted molar refractivity (Wildman–Crippen MR) is 68.7 cm³/mol. The first kappa shape index (κ1) is 18.5. The number of carbonyl (C=O) groups excluding carboxylic acids is 2. The summed E-state index contributed by atoms with van der Waals surface area (Å²) >= 11 is 0. The summed E-state index contributed by atoms with van der Waals surface area (Å²) in [6.07, 6.45) is -0.743. The fourth-order valence-electron chi connectivity index (χ4n) is 1.98. The zero-order valence-corrected chi connectivity index (χ0v) is 12.1. The number of methoxy groups -OCH3 is 2. The van der Waals surface area contributed by atoms with Gasteiger partial charge in [-0.2, -0.15) is 0 Å². The van der Waals surface area contributed by atoms with E-state index in [2.05, 4.69) is 9.47 Å². The molecular weight excluding hydrogens is 321 g/mol. The molecule has 1 rings (SSSR count). The van der Waals surface area contributed by atoms with Crippen LogP contribution in [-0.2, 0) is 30.3 Å². The maximum Gasteiger partial charge on any atom is 0.320 e. The molecule has 0 fully saturated rings. The minimum Gasteiger partial charge on any atom is -0.481 e. The zero-order chi connectivity index (χ0) is 17.7. The number of hydrogen-bond donors (Lipinski definition) is 1. The summed E-state index contributed by atoms with van der Waals surface area (Å²) in [6.45, 7) is 0. The van der Waals surface area contributed by atoms with Crippen LogP contribution in [0, 0.1) is 29.3 Å². The highest BCUT2D eigenvalue weighted by atomic mass is 19.2. The van der Waals surface area contributed by atoms with Gasteiger partial charge in [-0.15, -0.1) is 0 Å². The zero-order valence-electron chi connectivity index (χ0n) is 12.1. The van der Waals surface area contributed by atoms with Gasteiger partial charge in [-0.3, -0.25) is 14.4 Å². The minimum atomic E-state index is -1.88. The Morgan fingerprint density at radius 2 is 1.48 bits per heavy atom. The lowest BCUT2D eigenvalue weighted by molar-refractivity contribution is -0.167. The summed E-state index contributed by atoms with van der Waals surface area (Å²) in [4.78, 5) is 34.6. The molecule has 126 valence electrons. The van der Waals surface area contributed by atoms with Gasteiger partial charge < -0.3 is 14.6 Å². The molecule has 1 aromatic rings. The van der Waals surface area contributed by atoms with Crippen molar-refractivity contribution in [1.29, 1.82) is 0 Å². The number of hydrogen-bond acceptors (Lipinski definition) is 5. The van der Waals surface area contributed by atoms with Crippen molar-refractivity contribution in [1.82, 2.24) is 0 Å². The average Bonchev–Trinajstić information content (AvgIpc) is 2.50. The van der Waals surface area contributed by atoms with Crippen molar-refractivity contribution in [2.24, 2.45) is 11.8 Å². The van der Waals surface area contributed by atoms with Crippen LogP contribution in [0.4, 0.5) is 13.2 Å². The smallest absolute Gasteiger partial charge is 0.320 e. The van der Waals surface area contributed by atoms with Crippen LogP contribution in [0.25, 0.3) is 0 Å². The molecule has 0 spiro atoms. The normalized spacial score (nSPS) is 11.9. The molecule has 0 saturated carbocycles. The number of carboxylic acids is 1. The van der Waals surface area contributed by atoms with E-state index >= 15 is 0 Å². The van der Waals surface area contributed by atoms with Gasteiger partial charge in [0.2, 0.25) is 0 Å². The minimum absolute atomic E-state index is 0.245. The molecule has 0 radical (unpaired) electrons. The van der Waals surface area contributed by atoms with Crippen LogP contribution < -0.4 is 0 Å². The molecule has 23 heavy (non-hydrogen) atoms. The van der Waals surface area contributed by atoms with Gasteiger partial charge in [-0.05, 0) is 18.1 Å². The Morgan fingerprint density at radius 1 is 1.00 bits per heavy atom. The Balaban J connectivity index is 3.25. The molecular formula is C14H13F3O6. The average molecular weight is 334 g/mol. The van der Waals surface area contributed by atoms with E-state index in [9.17, 15) is 32.7 Å². The number of ether oxygens (including phenoxy) is 2. The molecule has 9 heteroatoms. The maximum absolute atomic E-state index is 13.7. The van der Waals surface area contributed by atoms with Gasteiger partial charge in [0.1, 0.15) is 5.82 Å². The fourth-order valence-corrected chi connectivity index (χ4v) is 1.98. The van der Waals surface area contributed by atoms with Gasteiger partial charge in [0.25, 0.3) is 0 Å². The summed E-state index contributed by atoms with van der Waals surface area (Å²) in [5.41, 5.74) is -0.505. The third-order valence-corrected chi connectivity index (χ3v) is 3.16. The predicted octanol–water partition coefficient (Wildman–Crippen LogP) is 1.31. The third-order valence-electron chi connectivity index (χ3n) is 3.16. The number of esters is 2. The van der Waals surface area contributed by atoms with Crippen LogP contribution in [0.1, 0.15) is 5.56 Å². The summed E-state index contributed by atoms with van der Waals surface area (Å²) < 4.78 is 48.4. The van der Waals surface area contributed by atoms with E-state index in [0.717, 1.165) is 14.2 Å². The van der Waals surface area contributed by atoms with E-state index in [0.29, 0.717) is 6.07 Å². The maximum atomic E-state index is 13.7. The molecule has 0 saturated heterocycles. The van der Waals surface area contributed by atoms with Crippen molar-refractivity contribution in [2.45, 2.75) is 6.42 Å². The van der Waals surface area contributed by atoms with Gasteiger partial charge in [0.05, 0.1) is 20.1 Å². The van der Waals surface area contributed by atoms with E-state index in [4.69, 9.17) is 0 Å². The number of carboxylic acid groups (broad SMARTS) is 1. The fraction of sp³-hybridized carbons (Fsp3) is 0.357. The molecule has 0 heterocycles. The van der Waals surface area contributed by atoms with Crippen molar-refractivity contribution in [3.8, 4) is 0 Å². The number of halogens is 3. The molecule has 6 nitrogen and oxygen atoms in total. The van der Waals surface area contributed by atoms with Gasteiger partial charge in [-0.1, -0.05) is 0 Å². The summed E-state index contributed by atoms with van der Waals surface area (Å²) in [5.74, 6) is -11.7. The lowest BCUT2D eigenvalue weighted by Crippen LogP contribution is -2.38. The molecule has 1 N–H and O–H groups in total. The van der Waals surface area contributed by atoms with Crippen molar-refractivity contribution in [3.63, 3.8) is 0 Å². The quantitative estimate of drug-likeness (QED) is 0.479. The molecule has 0 aliphatic heterocycles. The topological polar surface area (TPSA) is 89.9 Å². The Kier molecular flexibility index (Phi) is 6.11. The highest BCUT2D eigenvalue weighted by Crippen LogP contribution is 2.24. The first-order chi connectivity index (χ1) is 10.7. The molecule has 0 aliphatic rings. The largest absolute Gasteiger partial charge is 0.481 e. The lowest BCUT2D eigenvalue weighted by atomic mass is 9.86. The second-order valence-electron chi connectivity index (χ2n) is 4.53. The summed E-state index contributed by atoms with van der Waals surface area (Å²) in [5, 5.41) is 9.20. The van der Waals surface area contributed by atoms with Crippen LogP contribution in [0.5, 0.6) is 0 Å². The van der Waals surface area contributed by atoms with E-state index in [-0.39, 0.29) is 6.07 Å². The van der Waals surface area contributed by atoms with Crippen molar-refractivity contribution < 1.29 is 42.1 Å². The van der Waals surface area contributed by atoms with Crippen LogP contribution in [-0.4, -0.2) is 37.2 Å². The Hall–Kier alpha value is -2.58. The molecule has 1 atom stereocenters. The van der Waals surface area contributed by atoms with Crippen molar-refractivity contribution in [3.05, 3.63) is 35.1 Å². The lowest BCUT2D eigenvalue weighted by Gasteiger charge is -2.20. The Labute approximate surface area is 128 Å². The van der Waals surface area contributed by atoms with Crippen LogP contribution >= 0.6 is 0 Å². The number of benzene rings is 1. The SMILES string of the molecule is COC(=O)C(C(=O)OC)C(Cc1cc(F)c(F)cc1F)C(=O)O. The standard InChI is InChI=1S/C14H13F3O6/c1-22-13(20)11(14(21)23-2)7(12(18)19)3-6-4-9(16)10(17)5-8(6)15/h4-5,7,11H,3H2,1-2H3,(H,18,19). The number of carbonyl (C=O) groups is 3. The van der Waals surface area contributed by atoms with Crippen molar-refractivity contribution in [2.75, 3.05) is 14.2 Å². The summed E-state index contributed by atoms with van der Waals surface area (Å²) in [6, 6.07) is 0.709. The van der Waals surface area contributed by atoms with Crippen LogP contribution in [0.3, 0.4) is 0 Å². The molecule has 1 unspecified atom stereocenters. The van der Waals surface area contributed by atoms with Gasteiger partial charge >= 0.3 is 17.9 Å². The Bertz CT molecular complexity index is 615. The number of rotatable bonds is 6. The van der Waals surface area contributed by atoms with Crippen LogP contribution in [0.2, 0.25) is 0 Å². The van der Waals surface area contributed by atoms with E-state index in [1.54, 1.807) is 0 Å². The first-order valence-corrected chi connectivity index (χ1v) is 6.24. The summed E-state index contributed by atoms with van der Waals surface area (Å²) in [7, 11) is 1.85.